The number of rotatable bonds is 4. The van der Waals surface area contributed by atoms with Gasteiger partial charge in [-0.15, -0.1) is 0 Å². The number of sulfone groups is 1. The topological polar surface area (TPSA) is 87.9 Å². The summed E-state index contributed by atoms with van der Waals surface area (Å²) in [5, 5.41) is 8.85. The van der Waals surface area contributed by atoms with E-state index < -0.39 is 27.3 Å². The predicted octanol–water partition coefficient (Wildman–Crippen LogP) is 0.302. The molecule has 0 aliphatic carbocycles. The SMILES string of the molecule is CS(=O)(=O)CC(=O)C(C#N)c1cccnc1. The summed E-state index contributed by atoms with van der Waals surface area (Å²) < 4.78 is 21.9. The van der Waals surface area contributed by atoms with Crippen molar-refractivity contribution in [3.05, 3.63) is 30.1 Å². The fourth-order valence-electron chi connectivity index (χ4n) is 1.22. The summed E-state index contributed by atoms with van der Waals surface area (Å²) >= 11 is 0. The molecular weight excluding hydrogens is 228 g/mol. The Labute approximate surface area is 93.7 Å². The minimum Gasteiger partial charge on any atom is -0.297 e. The van der Waals surface area contributed by atoms with Crippen LogP contribution in [0.25, 0.3) is 0 Å². The van der Waals surface area contributed by atoms with E-state index >= 15 is 0 Å². The van der Waals surface area contributed by atoms with Gasteiger partial charge >= 0.3 is 0 Å². The van der Waals surface area contributed by atoms with Crippen LogP contribution in [0, 0.1) is 11.3 Å². The van der Waals surface area contributed by atoms with Crippen LogP contribution in [0.1, 0.15) is 11.5 Å². The van der Waals surface area contributed by atoms with Crippen LogP contribution in [0.5, 0.6) is 0 Å². The van der Waals surface area contributed by atoms with Gasteiger partial charge in [0.1, 0.15) is 11.7 Å². The molecule has 1 heterocycles. The summed E-state index contributed by atoms with van der Waals surface area (Å²) in [4.78, 5) is 15.3. The van der Waals surface area contributed by atoms with Crippen LogP contribution in [0.3, 0.4) is 0 Å². The number of ketones is 1. The first-order valence-electron chi connectivity index (χ1n) is 4.44. The second-order valence-corrected chi connectivity index (χ2v) is 5.53. The summed E-state index contributed by atoms with van der Waals surface area (Å²) in [6.45, 7) is 0. The highest BCUT2D eigenvalue weighted by atomic mass is 32.2. The second kappa shape index (κ2) is 4.86. The summed E-state index contributed by atoms with van der Waals surface area (Å²) in [7, 11) is -3.41. The molecule has 0 aliphatic rings. The molecule has 0 radical (unpaired) electrons. The number of Topliss-reactive ketones (excluding diaryl/α,β-unsaturated/α-hetero) is 1. The molecule has 1 unspecified atom stereocenters. The second-order valence-electron chi connectivity index (χ2n) is 3.38. The van der Waals surface area contributed by atoms with Crippen LogP contribution >= 0.6 is 0 Å². The zero-order chi connectivity index (χ0) is 12.2. The number of hydrogen-bond donors (Lipinski definition) is 0. The molecule has 0 N–H and O–H groups in total. The molecule has 1 aromatic heterocycles. The van der Waals surface area contributed by atoms with Crippen molar-refractivity contribution >= 4 is 15.6 Å². The van der Waals surface area contributed by atoms with E-state index in [4.69, 9.17) is 5.26 Å². The fraction of sp³-hybridized carbons (Fsp3) is 0.300. The molecule has 0 aliphatic heterocycles. The standard InChI is InChI=1S/C10H10N2O3S/c1-16(14,15)7-10(13)9(5-11)8-3-2-4-12-6-8/h2-4,6,9H,7H2,1H3. The molecule has 0 bridgehead atoms. The maximum Gasteiger partial charge on any atom is 0.169 e. The minimum absolute atomic E-state index is 0.415. The average molecular weight is 238 g/mol. The predicted molar refractivity (Wildman–Crippen MR) is 57.3 cm³/mol. The van der Waals surface area contributed by atoms with Gasteiger partial charge in [0.15, 0.2) is 15.6 Å². The maximum absolute atomic E-state index is 11.6. The summed E-state index contributed by atoms with van der Waals surface area (Å²) in [6, 6.07) is 4.95. The number of nitriles is 1. The van der Waals surface area contributed by atoms with E-state index in [0.29, 0.717) is 5.56 Å². The van der Waals surface area contributed by atoms with E-state index in [2.05, 4.69) is 4.98 Å². The van der Waals surface area contributed by atoms with Crippen LogP contribution in [0.4, 0.5) is 0 Å². The van der Waals surface area contributed by atoms with Crippen LogP contribution in [0.2, 0.25) is 0 Å². The summed E-state index contributed by atoms with van der Waals surface area (Å²) in [6.07, 6.45) is 3.86. The van der Waals surface area contributed by atoms with Crippen molar-refractivity contribution < 1.29 is 13.2 Å². The smallest absolute Gasteiger partial charge is 0.169 e. The molecule has 1 rings (SSSR count). The zero-order valence-corrected chi connectivity index (χ0v) is 9.44. The number of aromatic nitrogens is 1. The van der Waals surface area contributed by atoms with E-state index in [1.54, 1.807) is 18.2 Å². The highest BCUT2D eigenvalue weighted by Gasteiger charge is 2.23. The Kier molecular flexibility index (Phi) is 3.74. The quantitative estimate of drug-likeness (QED) is 0.752. The molecule has 0 spiro atoms. The van der Waals surface area contributed by atoms with Crippen LogP contribution in [0.15, 0.2) is 24.5 Å². The first-order valence-corrected chi connectivity index (χ1v) is 6.50. The summed E-state index contributed by atoms with van der Waals surface area (Å²) in [5.41, 5.74) is 0.415. The van der Waals surface area contributed by atoms with E-state index in [1.807, 2.05) is 0 Å². The largest absolute Gasteiger partial charge is 0.297 e. The highest BCUT2D eigenvalue weighted by Crippen LogP contribution is 2.15. The number of nitrogens with zero attached hydrogens (tertiary/aromatic N) is 2. The van der Waals surface area contributed by atoms with Crippen molar-refractivity contribution in [3.8, 4) is 6.07 Å². The third-order valence-electron chi connectivity index (χ3n) is 1.87. The van der Waals surface area contributed by atoms with Gasteiger partial charge in [0, 0.05) is 18.6 Å². The Bertz CT molecular complexity index is 517. The van der Waals surface area contributed by atoms with Crippen molar-refractivity contribution in [2.45, 2.75) is 5.92 Å². The van der Waals surface area contributed by atoms with Gasteiger partial charge in [-0.3, -0.25) is 9.78 Å². The van der Waals surface area contributed by atoms with Crippen molar-refractivity contribution in [2.75, 3.05) is 12.0 Å². The normalized spacial score (nSPS) is 12.8. The Hall–Kier alpha value is -1.74. The Morgan fingerprint density at radius 1 is 1.62 bits per heavy atom. The Morgan fingerprint density at radius 3 is 2.75 bits per heavy atom. The van der Waals surface area contributed by atoms with E-state index in [9.17, 15) is 13.2 Å². The lowest BCUT2D eigenvalue weighted by Gasteiger charge is -2.06. The lowest BCUT2D eigenvalue weighted by Crippen LogP contribution is -2.20. The van der Waals surface area contributed by atoms with E-state index in [-0.39, 0.29) is 0 Å². The lowest BCUT2D eigenvalue weighted by atomic mass is 9.99. The van der Waals surface area contributed by atoms with Crippen molar-refractivity contribution in [1.82, 2.24) is 4.98 Å². The van der Waals surface area contributed by atoms with Gasteiger partial charge in [0.05, 0.1) is 6.07 Å². The van der Waals surface area contributed by atoms with Crippen LogP contribution in [-0.2, 0) is 14.6 Å². The average Bonchev–Trinajstić information content (AvgIpc) is 2.17. The maximum atomic E-state index is 11.6. The first kappa shape index (κ1) is 12.3. The molecule has 0 fully saturated rings. The van der Waals surface area contributed by atoms with Crippen LogP contribution < -0.4 is 0 Å². The highest BCUT2D eigenvalue weighted by molar-refractivity contribution is 7.91. The molecule has 1 atom stereocenters. The monoisotopic (exact) mass is 238 g/mol. The minimum atomic E-state index is -3.41. The van der Waals surface area contributed by atoms with Gasteiger partial charge in [-0.2, -0.15) is 5.26 Å². The van der Waals surface area contributed by atoms with Gasteiger partial charge in [-0.25, -0.2) is 8.42 Å². The molecule has 0 amide bonds. The van der Waals surface area contributed by atoms with E-state index in [0.717, 1.165) is 6.26 Å². The molecule has 5 nitrogen and oxygen atoms in total. The van der Waals surface area contributed by atoms with Crippen molar-refractivity contribution in [2.24, 2.45) is 0 Å². The summed E-state index contributed by atoms with van der Waals surface area (Å²) in [5.74, 6) is -2.32. The lowest BCUT2D eigenvalue weighted by molar-refractivity contribution is -0.116. The van der Waals surface area contributed by atoms with Gasteiger partial charge in [0.25, 0.3) is 0 Å². The Morgan fingerprint density at radius 2 is 2.31 bits per heavy atom. The van der Waals surface area contributed by atoms with Crippen LogP contribution in [-0.4, -0.2) is 31.2 Å². The van der Waals surface area contributed by atoms with Crippen molar-refractivity contribution in [1.29, 1.82) is 5.26 Å². The fourth-order valence-corrected chi connectivity index (χ4v) is 1.90. The van der Waals surface area contributed by atoms with Gasteiger partial charge < -0.3 is 0 Å². The number of carbonyl (C=O) groups excluding carboxylic acids is 1. The molecule has 0 saturated carbocycles. The molecule has 6 heteroatoms. The third kappa shape index (κ3) is 3.44. The molecule has 0 aromatic carbocycles. The number of pyridine rings is 1. The van der Waals surface area contributed by atoms with Gasteiger partial charge in [-0.05, 0) is 11.6 Å². The van der Waals surface area contributed by atoms with Gasteiger partial charge in [-0.1, -0.05) is 6.07 Å². The molecule has 84 valence electrons. The molecule has 16 heavy (non-hydrogen) atoms. The van der Waals surface area contributed by atoms with Crippen molar-refractivity contribution in [3.63, 3.8) is 0 Å². The first-order chi connectivity index (χ1) is 7.44. The van der Waals surface area contributed by atoms with Gasteiger partial charge in [0.2, 0.25) is 0 Å². The van der Waals surface area contributed by atoms with E-state index in [1.165, 1.54) is 12.4 Å². The third-order valence-corrected chi connectivity index (χ3v) is 2.68. The molecular formula is C10H10N2O3S. The molecule has 0 saturated heterocycles. The Balaban J connectivity index is 2.94. The zero-order valence-electron chi connectivity index (χ0n) is 8.62. The molecule has 1 aromatic rings. The number of hydrogen-bond acceptors (Lipinski definition) is 5. The number of carbonyl (C=O) groups is 1.